The van der Waals surface area contributed by atoms with Gasteiger partial charge in [0.1, 0.15) is 0 Å². The van der Waals surface area contributed by atoms with Crippen LogP contribution in [0.2, 0.25) is 0 Å². The van der Waals surface area contributed by atoms with Gasteiger partial charge in [-0.05, 0) is 48.8 Å². The van der Waals surface area contributed by atoms with Crippen molar-refractivity contribution in [1.82, 2.24) is 5.32 Å². The van der Waals surface area contributed by atoms with Gasteiger partial charge in [-0.25, -0.2) is 0 Å². The number of thiophene rings is 1. The molecule has 0 bridgehead atoms. The molecule has 0 fully saturated rings. The SMILES string of the molecule is O=C(NC1Cc2ccccc2C1)c1csc2c1CCCC2=NO. The zero-order chi connectivity index (χ0) is 15.8. The van der Waals surface area contributed by atoms with Crippen LogP contribution in [0.15, 0.2) is 34.8 Å². The molecule has 0 saturated heterocycles. The predicted octanol–water partition coefficient (Wildman–Crippen LogP) is 3.16. The summed E-state index contributed by atoms with van der Waals surface area (Å²) in [6, 6.07) is 8.54. The summed E-state index contributed by atoms with van der Waals surface area (Å²) in [6.45, 7) is 0. The number of rotatable bonds is 2. The number of fused-ring (bicyclic) bond motifs is 2. The Hall–Kier alpha value is -2.14. The van der Waals surface area contributed by atoms with E-state index in [4.69, 9.17) is 5.21 Å². The lowest BCUT2D eigenvalue weighted by atomic mass is 9.94. The third-order valence-corrected chi connectivity index (χ3v) is 5.82. The zero-order valence-corrected chi connectivity index (χ0v) is 13.5. The fourth-order valence-corrected chi connectivity index (χ4v) is 4.75. The fraction of sp³-hybridized carbons (Fsp3) is 0.333. The number of nitrogens with zero attached hydrogens (tertiary/aromatic N) is 1. The van der Waals surface area contributed by atoms with E-state index in [1.807, 2.05) is 17.5 Å². The van der Waals surface area contributed by atoms with Crippen LogP contribution in [0.1, 0.15) is 44.8 Å². The lowest BCUT2D eigenvalue weighted by Gasteiger charge is -2.16. The van der Waals surface area contributed by atoms with Crippen LogP contribution < -0.4 is 5.32 Å². The molecule has 2 aromatic rings. The molecular formula is C18H18N2O2S. The molecule has 0 unspecified atom stereocenters. The quantitative estimate of drug-likeness (QED) is 0.658. The molecule has 118 valence electrons. The van der Waals surface area contributed by atoms with Gasteiger partial charge in [0.2, 0.25) is 0 Å². The van der Waals surface area contributed by atoms with Crippen LogP contribution >= 0.6 is 11.3 Å². The van der Waals surface area contributed by atoms with Gasteiger partial charge in [0.25, 0.3) is 5.91 Å². The maximum Gasteiger partial charge on any atom is 0.252 e. The van der Waals surface area contributed by atoms with Crippen LogP contribution in [0, 0.1) is 0 Å². The van der Waals surface area contributed by atoms with Gasteiger partial charge in [-0.1, -0.05) is 29.4 Å². The highest BCUT2D eigenvalue weighted by Crippen LogP contribution is 2.31. The molecule has 1 amide bonds. The van der Waals surface area contributed by atoms with E-state index in [9.17, 15) is 4.79 Å². The van der Waals surface area contributed by atoms with Crippen molar-refractivity contribution in [1.29, 1.82) is 0 Å². The summed E-state index contributed by atoms with van der Waals surface area (Å²) in [5, 5.41) is 17.6. The van der Waals surface area contributed by atoms with Gasteiger partial charge in [0, 0.05) is 11.4 Å². The van der Waals surface area contributed by atoms with E-state index in [0.717, 1.165) is 48.1 Å². The fourth-order valence-electron chi connectivity index (χ4n) is 3.63. The second-order valence-electron chi connectivity index (χ2n) is 6.20. The highest BCUT2D eigenvalue weighted by molar-refractivity contribution is 7.12. The third-order valence-electron chi connectivity index (χ3n) is 4.75. The summed E-state index contributed by atoms with van der Waals surface area (Å²) < 4.78 is 0. The van der Waals surface area contributed by atoms with Crippen molar-refractivity contribution >= 4 is 23.0 Å². The molecule has 4 nitrogen and oxygen atoms in total. The number of carbonyl (C=O) groups is 1. The average molecular weight is 326 g/mol. The maximum atomic E-state index is 12.7. The molecule has 0 radical (unpaired) electrons. The van der Waals surface area contributed by atoms with Crippen molar-refractivity contribution in [3.63, 3.8) is 0 Å². The van der Waals surface area contributed by atoms with E-state index in [2.05, 4.69) is 22.6 Å². The number of nitrogens with one attached hydrogen (secondary N) is 1. The van der Waals surface area contributed by atoms with Gasteiger partial charge >= 0.3 is 0 Å². The third kappa shape index (κ3) is 2.55. The van der Waals surface area contributed by atoms with E-state index in [0.29, 0.717) is 5.71 Å². The minimum absolute atomic E-state index is 0.000467. The smallest absolute Gasteiger partial charge is 0.252 e. The van der Waals surface area contributed by atoms with E-state index in [1.165, 1.54) is 22.5 Å². The van der Waals surface area contributed by atoms with Crippen LogP contribution in [0.25, 0.3) is 0 Å². The minimum Gasteiger partial charge on any atom is -0.411 e. The number of oxime groups is 1. The van der Waals surface area contributed by atoms with Crippen LogP contribution in [0.4, 0.5) is 0 Å². The molecule has 4 rings (SSSR count). The normalized spacial score (nSPS) is 18.7. The Balaban J connectivity index is 1.52. The first kappa shape index (κ1) is 14.5. The molecule has 0 spiro atoms. The molecule has 5 heteroatoms. The van der Waals surface area contributed by atoms with E-state index in [1.54, 1.807) is 0 Å². The average Bonchev–Trinajstić information content (AvgIpc) is 3.17. The molecule has 0 aliphatic heterocycles. The van der Waals surface area contributed by atoms with Crippen LogP contribution in [0.5, 0.6) is 0 Å². The van der Waals surface area contributed by atoms with Crippen molar-refractivity contribution in [2.75, 3.05) is 0 Å². The van der Waals surface area contributed by atoms with E-state index < -0.39 is 0 Å². The first-order chi connectivity index (χ1) is 11.3. The Morgan fingerprint density at radius 2 is 1.96 bits per heavy atom. The van der Waals surface area contributed by atoms with Gasteiger partial charge in [0.15, 0.2) is 0 Å². The molecule has 23 heavy (non-hydrogen) atoms. The standard InChI is InChI=1S/C18H18N2O2S/c21-18(19-13-8-11-4-1-2-5-12(11)9-13)15-10-23-17-14(15)6-3-7-16(17)20-22/h1-2,4-5,10,13,22H,3,6-9H2,(H,19,21). The summed E-state index contributed by atoms with van der Waals surface area (Å²) in [4.78, 5) is 13.6. The van der Waals surface area contributed by atoms with Crippen LogP contribution in [-0.4, -0.2) is 22.9 Å². The summed E-state index contributed by atoms with van der Waals surface area (Å²) in [5.74, 6) is -0.000467. The number of benzene rings is 1. The monoisotopic (exact) mass is 326 g/mol. The summed E-state index contributed by atoms with van der Waals surface area (Å²) in [5.41, 5.74) is 5.17. The topological polar surface area (TPSA) is 61.7 Å². The predicted molar refractivity (Wildman–Crippen MR) is 90.7 cm³/mol. The van der Waals surface area contributed by atoms with Gasteiger partial charge in [-0.2, -0.15) is 0 Å². The van der Waals surface area contributed by atoms with Crippen molar-refractivity contribution in [2.45, 2.75) is 38.1 Å². The summed E-state index contributed by atoms with van der Waals surface area (Å²) >= 11 is 1.51. The van der Waals surface area contributed by atoms with Gasteiger partial charge in [0.05, 0.1) is 16.2 Å². The Kier molecular flexibility index (Phi) is 3.65. The first-order valence-corrected chi connectivity index (χ1v) is 8.83. The van der Waals surface area contributed by atoms with Crippen molar-refractivity contribution in [3.05, 3.63) is 56.8 Å². The van der Waals surface area contributed by atoms with E-state index >= 15 is 0 Å². The Morgan fingerprint density at radius 3 is 2.65 bits per heavy atom. The number of carbonyl (C=O) groups excluding carboxylic acids is 1. The second kappa shape index (κ2) is 5.81. The van der Waals surface area contributed by atoms with Crippen molar-refractivity contribution in [2.24, 2.45) is 5.16 Å². The van der Waals surface area contributed by atoms with Gasteiger partial charge in [-0.3, -0.25) is 4.79 Å². The number of hydrogen-bond donors (Lipinski definition) is 2. The first-order valence-electron chi connectivity index (χ1n) is 7.95. The minimum atomic E-state index is -0.000467. The largest absolute Gasteiger partial charge is 0.411 e. The highest BCUT2D eigenvalue weighted by atomic mass is 32.1. The molecule has 1 heterocycles. The molecule has 2 N–H and O–H groups in total. The molecule has 1 aromatic carbocycles. The number of hydrogen-bond acceptors (Lipinski definition) is 4. The lowest BCUT2D eigenvalue weighted by molar-refractivity contribution is 0.0938. The highest BCUT2D eigenvalue weighted by Gasteiger charge is 2.27. The summed E-state index contributed by atoms with van der Waals surface area (Å²) in [7, 11) is 0. The molecule has 0 saturated carbocycles. The van der Waals surface area contributed by atoms with E-state index in [-0.39, 0.29) is 11.9 Å². The van der Waals surface area contributed by atoms with Crippen molar-refractivity contribution < 1.29 is 10.0 Å². The molecular weight excluding hydrogens is 308 g/mol. The number of amides is 1. The molecule has 1 aromatic heterocycles. The molecule has 2 aliphatic rings. The lowest BCUT2D eigenvalue weighted by Crippen LogP contribution is -2.35. The second-order valence-corrected chi connectivity index (χ2v) is 7.08. The van der Waals surface area contributed by atoms with Crippen LogP contribution in [-0.2, 0) is 19.3 Å². The zero-order valence-electron chi connectivity index (χ0n) is 12.7. The maximum absolute atomic E-state index is 12.7. The molecule has 2 aliphatic carbocycles. The Morgan fingerprint density at radius 1 is 1.22 bits per heavy atom. The van der Waals surface area contributed by atoms with Crippen molar-refractivity contribution in [3.8, 4) is 0 Å². The van der Waals surface area contributed by atoms with Gasteiger partial charge < -0.3 is 10.5 Å². The van der Waals surface area contributed by atoms with Crippen LogP contribution in [0.3, 0.4) is 0 Å². The Bertz CT molecular complexity index is 769. The Labute approximate surface area is 138 Å². The van der Waals surface area contributed by atoms with Gasteiger partial charge in [-0.15, -0.1) is 11.3 Å². The molecule has 0 atom stereocenters. The summed E-state index contributed by atoms with van der Waals surface area (Å²) in [6.07, 6.45) is 4.39.